The second-order valence-electron chi connectivity index (χ2n) is 4.23. The van der Waals surface area contributed by atoms with Gasteiger partial charge < -0.3 is 5.32 Å². The molecule has 0 aliphatic carbocycles. The fourth-order valence-corrected chi connectivity index (χ4v) is 2.05. The summed E-state index contributed by atoms with van der Waals surface area (Å²) in [7, 11) is 1.97. The molecular formula is C13H19N5. The normalized spacial score (nSPS) is 12.6. The largest absolute Gasteiger partial charge is 0.309 e. The van der Waals surface area contributed by atoms with Crippen LogP contribution >= 0.6 is 0 Å². The Balaban J connectivity index is 2.01. The van der Waals surface area contributed by atoms with Crippen LogP contribution in [0.5, 0.6) is 0 Å². The van der Waals surface area contributed by atoms with Crippen molar-refractivity contribution < 1.29 is 0 Å². The molecule has 0 bridgehead atoms. The Bertz CT molecular complexity index is 465. The first-order chi connectivity index (χ1) is 8.81. The SMILES string of the molecule is CCNC(CCc1ccnn1C)c1ccncn1. The van der Waals surface area contributed by atoms with Crippen molar-refractivity contribution in [1.29, 1.82) is 0 Å². The Kier molecular flexibility index (Phi) is 4.41. The van der Waals surface area contributed by atoms with Crippen LogP contribution in [-0.2, 0) is 13.5 Å². The molecular weight excluding hydrogens is 226 g/mol. The van der Waals surface area contributed by atoms with Crippen LogP contribution < -0.4 is 5.32 Å². The van der Waals surface area contributed by atoms with E-state index in [0.29, 0.717) is 0 Å². The first-order valence-electron chi connectivity index (χ1n) is 6.27. The monoisotopic (exact) mass is 245 g/mol. The van der Waals surface area contributed by atoms with E-state index in [1.807, 2.05) is 24.0 Å². The van der Waals surface area contributed by atoms with Crippen LogP contribution in [0.3, 0.4) is 0 Å². The summed E-state index contributed by atoms with van der Waals surface area (Å²) in [6, 6.07) is 4.30. The van der Waals surface area contributed by atoms with Gasteiger partial charge in [-0.15, -0.1) is 0 Å². The quantitative estimate of drug-likeness (QED) is 0.838. The van der Waals surface area contributed by atoms with E-state index in [9.17, 15) is 0 Å². The summed E-state index contributed by atoms with van der Waals surface area (Å²) in [5.41, 5.74) is 2.29. The smallest absolute Gasteiger partial charge is 0.115 e. The summed E-state index contributed by atoms with van der Waals surface area (Å²) in [6.45, 7) is 3.04. The van der Waals surface area contributed by atoms with Gasteiger partial charge in [-0.1, -0.05) is 6.92 Å². The van der Waals surface area contributed by atoms with Gasteiger partial charge in [0.25, 0.3) is 0 Å². The third-order valence-electron chi connectivity index (χ3n) is 3.02. The molecule has 5 heteroatoms. The van der Waals surface area contributed by atoms with Crippen molar-refractivity contribution in [3.05, 3.63) is 42.2 Å². The maximum atomic E-state index is 4.32. The lowest BCUT2D eigenvalue weighted by atomic mass is 10.1. The molecule has 18 heavy (non-hydrogen) atoms. The lowest BCUT2D eigenvalue weighted by Crippen LogP contribution is -2.22. The van der Waals surface area contributed by atoms with E-state index in [1.165, 1.54) is 5.69 Å². The van der Waals surface area contributed by atoms with Gasteiger partial charge in [0.1, 0.15) is 6.33 Å². The molecule has 0 amide bonds. The van der Waals surface area contributed by atoms with Crippen molar-refractivity contribution in [2.75, 3.05) is 6.54 Å². The lowest BCUT2D eigenvalue weighted by molar-refractivity contribution is 0.494. The fourth-order valence-electron chi connectivity index (χ4n) is 2.05. The highest BCUT2D eigenvalue weighted by Gasteiger charge is 2.12. The fraction of sp³-hybridized carbons (Fsp3) is 0.462. The Morgan fingerprint density at radius 3 is 2.83 bits per heavy atom. The van der Waals surface area contributed by atoms with Crippen molar-refractivity contribution in [1.82, 2.24) is 25.1 Å². The van der Waals surface area contributed by atoms with Crippen molar-refractivity contribution in [3.8, 4) is 0 Å². The number of nitrogens with zero attached hydrogens (tertiary/aromatic N) is 4. The molecule has 1 atom stereocenters. The van der Waals surface area contributed by atoms with Crippen molar-refractivity contribution in [3.63, 3.8) is 0 Å². The van der Waals surface area contributed by atoms with Crippen LogP contribution in [0.2, 0.25) is 0 Å². The van der Waals surface area contributed by atoms with Crippen molar-refractivity contribution in [2.45, 2.75) is 25.8 Å². The van der Waals surface area contributed by atoms with Gasteiger partial charge in [0.05, 0.1) is 5.69 Å². The van der Waals surface area contributed by atoms with Gasteiger partial charge in [-0.05, 0) is 31.5 Å². The molecule has 0 fully saturated rings. The third kappa shape index (κ3) is 3.13. The minimum absolute atomic E-state index is 0.271. The first-order valence-corrected chi connectivity index (χ1v) is 6.27. The van der Waals surface area contributed by atoms with Gasteiger partial charge in [0.2, 0.25) is 0 Å². The molecule has 1 unspecified atom stereocenters. The summed E-state index contributed by atoms with van der Waals surface area (Å²) < 4.78 is 1.92. The van der Waals surface area contributed by atoms with E-state index in [1.54, 1.807) is 12.5 Å². The average Bonchev–Trinajstić information content (AvgIpc) is 2.81. The summed E-state index contributed by atoms with van der Waals surface area (Å²) in [4.78, 5) is 8.28. The maximum Gasteiger partial charge on any atom is 0.115 e. The van der Waals surface area contributed by atoms with Crippen LogP contribution in [0.15, 0.2) is 30.9 Å². The molecule has 0 aliphatic rings. The molecule has 2 aromatic heterocycles. The average molecular weight is 245 g/mol. The maximum absolute atomic E-state index is 4.32. The number of aryl methyl sites for hydroxylation is 2. The highest BCUT2D eigenvalue weighted by Crippen LogP contribution is 2.16. The van der Waals surface area contributed by atoms with E-state index < -0.39 is 0 Å². The molecule has 2 rings (SSSR count). The molecule has 96 valence electrons. The molecule has 2 heterocycles. The number of nitrogens with one attached hydrogen (secondary N) is 1. The standard InChI is InChI=1S/C13H19N5/c1-3-15-12(13-7-8-14-10-16-13)5-4-11-6-9-17-18(11)2/h6-10,12,15H,3-5H2,1-2H3. The van der Waals surface area contributed by atoms with E-state index in [2.05, 4.69) is 33.4 Å². The van der Waals surface area contributed by atoms with Gasteiger partial charge >= 0.3 is 0 Å². The van der Waals surface area contributed by atoms with Gasteiger partial charge in [-0.25, -0.2) is 9.97 Å². The predicted molar refractivity (Wildman–Crippen MR) is 70.0 cm³/mol. The van der Waals surface area contributed by atoms with E-state index in [-0.39, 0.29) is 6.04 Å². The highest BCUT2D eigenvalue weighted by molar-refractivity contribution is 5.07. The number of rotatable bonds is 6. The molecule has 2 aromatic rings. The Morgan fingerprint density at radius 2 is 2.22 bits per heavy atom. The molecule has 0 radical (unpaired) electrons. The van der Waals surface area contributed by atoms with Gasteiger partial charge in [-0.3, -0.25) is 4.68 Å². The zero-order valence-electron chi connectivity index (χ0n) is 10.9. The predicted octanol–water partition coefficient (Wildman–Crippen LogP) is 1.49. The first kappa shape index (κ1) is 12.7. The van der Waals surface area contributed by atoms with Crippen LogP contribution in [0.1, 0.15) is 30.8 Å². The zero-order chi connectivity index (χ0) is 12.8. The van der Waals surface area contributed by atoms with Crippen molar-refractivity contribution >= 4 is 0 Å². The minimum Gasteiger partial charge on any atom is -0.309 e. The van der Waals surface area contributed by atoms with Crippen LogP contribution in [-0.4, -0.2) is 26.3 Å². The summed E-state index contributed by atoms with van der Waals surface area (Å²) in [5.74, 6) is 0. The Labute approximate surface area is 107 Å². The van der Waals surface area contributed by atoms with E-state index in [4.69, 9.17) is 0 Å². The summed E-state index contributed by atoms with van der Waals surface area (Å²) in [6.07, 6.45) is 7.21. The van der Waals surface area contributed by atoms with Crippen LogP contribution in [0.25, 0.3) is 0 Å². The van der Waals surface area contributed by atoms with Crippen molar-refractivity contribution in [2.24, 2.45) is 7.05 Å². The van der Waals surface area contributed by atoms with Gasteiger partial charge in [0, 0.05) is 31.2 Å². The number of hydrogen-bond donors (Lipinski definition) is 1. The molecule has 0 saturated heterocycles. The van der Waals surface area contributed by atoms with E-state index >= 15 is 0 Å². The number of hydrogen-bond acceptors (Lipinski definition) is 4. The van der Waals surface area contributed by atoms with Crippen LogP contribution in [0, 0.1) is 0 Å². The second-order valence-corrected chi connectivity index (χ2v) is 4.23. The minimum atomic E-state index is 0.271. The highest BCUT2D eigenvalue weighted by atomic mass is 15.2. The second kappa shape index (κ2) is 6.26. The van der Waals surface area contributed by atoms with Gasteiger partial charge in [-0.2, -0.15) is 5.10 Å². The zero-order valence-corrected chi connectivity index (χ0v) is 10.9. The summed E-state index contributed by atoms with van der Waals surface area (Å²) >= 11 is 0. The van der Waals surface area contributed by atoms with E-state index in [0.717, 1.165) is 25.1 Å². The summed E-state index contributed by atoms with van der Waals surface area (Å²) in [5, 5.41) is 7.64. The molecule has 0 aromatic carbocycles. The topological polar surface area (TPSA) is 55.6 Å². The molecule has 0 aliphatic heterocycles. The Morgan fingerprint density at radius 1 is 1.33 bits per heavy atom. The Hall–Kier alpha value is -1.75. The molecule has 0 spiro atoms. The molecule has 1 N–H and O–H groups in total. The third-order valence-corrected chi connectivity index (χ3v) is 3.02. The lowest BCUT2D eigenvalue weighted by Gasteiger charge is -2.16. The molecule has 0 saturated carbocycles. The van der Waals surface area contributed by atoms with Crippen LogP contribution in [0.4, 0.5) is 0 Å². The number of aromatic nitrogens is 4. The molecule has 5 nitrogen and oxygen atoms in total. The van der Waals surface area contributed by atoms with Gasteiger partial charge in [0.15, 0.2) is 0 Å².